The monoisotopic (exact) mass is 331 g/mol. The number of aromatic nitrogens is 1. The fraction of sp³-hybridized carbons (Fsp3) is 0.250. The van der Waals surface area contributed by atoms with Crippen LogP contribution in [0, 0.1) is 3.70 Å². The minimum Gasteiger partial charge on any atom is -0.481 e. The van der Waals surface area contributed by atoms with Crippen LogP contribution in [0.2, 0.25) is 0 Å². The topological polar surface area (TPSA) is 50.2 Å². The summed E-state index contributed by atoms with van der Waals surface area (Å²) in [5.74, 6) is -1.18. The van der Waals surface area contributed by atoms with Gasteiger partial charge in [0.2, 0.25) is 0 Å². The number of halogens is 4. The van der Waals surface area contributed by atoms with Crippen molar-refractivity contribution >= 4 is 28.6 Å². The largest absolute Gasteiger partial charge is 0.481 e. The Hall–Kier alpha value is -0.860. The molecule has 15 heavy (non-hydrogen) atoms. The number of hydrogen-bond acceptors (Lipinski definition) is 2. The molecule has 0 radical (unpaired) electrons. The molecule has 0 spiro atoms. The highest BCUT2D eigenvalue weighted by Gasteiger charge is 2.33. The van der Waals surface area contributed by atoms with Crippen molar-refractivity contribution < 1.29 is 23.1 Å². The maximum absolute atomic E-state index is 12.3. The number of nitrogens with zero attached hydrogens (tertiary/aromatic N) is 1. The standard InChI is InChI=1S/C8H5F3INO2/c9-8(10,11)5-1-4(3-7(14)15)2-6(12)13-5/h1-2H,3H2,(H,14,15). The lowest BCUT2D eigenvalue weighted by Gasteiger charge is -2.07. The summed E-state index contributed by atoms with van der Waals surface area (Å²) in [7, 11) is 0. The summed E-state index contributed by atoms with van der Waals surface area (Å²) < 4.78 is 36.9. The van der Waals surface area contributed by atoms with Gasteiger partial charge < -0.3 is 5.11 Å². The zero-order valence-electron chi connectivity index (χ0n) is 7.18. The summed E-state index contributed by atoms with van der Waals surface area (Å²) in [6, 6.07) is 2.06. The number of carboxylic acids is 1. The van der Waals surface area contributed by atoms with Gasteiger partial charge in [0.1, 0.15) is 9.39 Å². The van der Waals surface area contributed by atoms with E-state index in [1.165, 1.54) is 6.07 Å². The SMILES string of the molecule is O=C(O)Cc1cc(I)nc(C(F)(F)F)c1. The maximum atomic E-state index is 12.3. The molecular weight excluding hydrogens is 326 g/mol. The lowest BCUT2D eigenvalue weighted by molar-refractivity contribution is -0.141. The first-order valence-electron chi connectivity index (χ1n) is 3.74. The molecule has 0 aliphatic carbocycles. The Balaban J connectivity index is 3.11. The average molecular weight is 331 g/mol. The highest BCUT2D eigenvalue weighted by Crippen LogP contribution is 2.28. The van der Waals surface area contributed by atoms with Gasteiger partial charge >= 0.3 is 12.1 Å². The van der Waals surface area contributed by atoms with E-state index >= 15 is 0 Å². The Morgan fingerprint density at radius 2 is 2.07 bits per heavy atom. The first-order valence-corrected chi connectivity index (χ1v) is 4.82. The zero-order chi connectivity index (χ0) is 11.6. The molecule has 0 aromatic carbocycles. The van der Waals surface area contributed by atoms with E-state index in [2.05, 4.69) is 4.98 Å². The minimum absolute atomic E-state index is 0.0919. The summed E-state index contributed by atoms with van der Waals surface area (Å²) in [4.78, 5) is 13.6. The second-order valence-corrected chi connectivity index (χ2v) is 3.86. The number of rotatable bonds is 2. The van der Waals surface area contributed by atoms with Crippen LogP contribution in [-0.4, -0.2) is 16.1 Å². The Bertz CT molecular complexity index is 392. The van der Waals surface area contributed by atoms with E-state index in [-0.39, 0.29) is 9.26 Å². The maximum Gasteiger partial charge on any atom is 0.433 e. The third kappa shape index (κ3) is 3.65. The van der Waals surface area contributed by atoms with Crippen molar-refractivity contribution in [2.24, 2.45) is 0 Å². The second-order valence-electron chi connectivity index (χ2n) is 2.75. The Morgan fingerprint density at radius 1 is 1.47 bits per heavy atom. The molecule has 1 aromatic heterocycles. The van der Waals surface area contributed by atoms with E-state index in [4.69, 9.17) is 5.11 Å². The van der Waals surface area contributed by atoms with Gasteiger partial charge in [-0.15, -0.1) is 0 Å². The van der Waals surface area contributed by atoms with Gasteiger partial charge in [-0.05, 0) is 40.3 Å². The first-order chi connectivity index (χ1) is 6.79. The quantitative estimate of drug-likeness (QED) is 0.669. The van der Waals surface area contributed by atoms with Gasteiger partial charge in [0, 0.05) is 0 Å². The van der Waals surface area contributed by atoms with Crippen molar-refractivity contribution in [2.45, 2.75) is 12.6 Å². The molecule has 1 heterocycles. The molecule has 0 saturated carbocycles. The molecule has 0 fully saturated rings. The Labute approximate surface area is 96.5 Å². The van der Waals surface area contributed by atoms with Gasteiger partial charge in [-0.25, -0.2) is 4.98 Å². The van der Waals surface area contributed by atoms with Crippen molar-refractivity contribution in [3.05, 3.63) is 27.1 Å². The third-order valence-electron chi connectivity index (χ3n) is 1.50. The lowest BCUT2D eigenvalue weighted by Crippen LogP contribution is -2.11. The van der Waals surface area contributed by atoms with Gasteiger partial charge in [-0.3, -0.25) is 4.79 Å². The molecule has 0 aliphatic rings. The van der Waals surface area contributed by atoms with Gasteiger partial charge in [-0.1, -0.05) is 0 Å². The van der Waals surface area contributed by atoms with Crippen LogP contribution in [0.15, 0.2) is 12.1 Å². The van der Waals surface area contributed by atoms with Gasteiger partial charge in [0.25, 0.3) is 0 Å². The van der Waals surface area contributed by atoms with E-state index in [1.807, 2.05) is 0 Å². The van der Waals surface area contributed by atoms with Crippen LogP contribution in [0.25, 0.3) is 0 Å². The molecule has 3 nitrogen and oxygen atoms in total. The normalized spacial score (nSPS) is 11.5. The molecule has 0 atom stereocenters. The summed E-state index contributed by atoms with van der Waals surface area (Å²) in [5.41, 5.74) is -0.972. The molecule has 1 rings (SSSR count). The third-order valence-corrected chi connectivity index (χ3v) is 2.05. The molecule has 0 unspecified atom stereocenters. The van der Waals surface area contributed by atoms with Gasteiger partial charge in [-0.2, -0.15) is 13.2 Å². The fourth-order valence-corrected chi connectivity index (χ4v) is 1.63. The van der Waals surface area contributed by atoms with E-state index in [0.29, 0.717) is 0 Å². The van der Waals surface area contributed by atoms with Crippen molar-refractivity contribution in [1.29, 1.82) is 0 Å². The number of pyridine rings is 1. The van der Waals surface area contributed by atoms with Crippen LogP contribution in [0.4, 0.5) is 13.2 Å². The van der Waals surface area contributed by atoms with Crippen LogP contribution >= 0.6 is 22.6 Å². The van der Waals surface area contributed by atoms with E-state index < -0.39 is 24.3 Å². The number of alkyl halides is 3. The summed E-state index contributed by atoms with van der Waals surface area (Å²) in [6.07, 6.45) is -4.99. The number of carbonyl (C=O) groups is 1. The molecular formula is C8H5F3INO2. The van der Waals surface area contributed by atoms with E-state index in [9.17, 15) is 18.0 Å². The molecule has 1 aromatic rings. The molecule has 0 amide bonds. The fourth-order valence-electron chi connectivity index (χ4n) is 0.972. The Kier molecular flexibility index (Phi) is 3.53. The molecule has 0 aliphatic heterocycles. The highest BCUT2D eigenvalue weighted by atomic mass is 127. The van der Waals surface area contributed by atoms with Crippen LogP contribution < -0.4 is 0 Å². The van der Waals surface area contributed by atoms with Crippen LogP contribution in [0.1, 0.15) is 11.3 Å². The van der Waals surface area contributed by atoms with Crippen molar-refractivity contribution in [3.63, 3.8) is 0 Å². The molecule has 1 N–H and O–H groups in total. The number of aliphatic carboxylic acids is 1. The summed E-state index contributed by atoms with van der Waals surface area (Å²) >= 11 is 1.61. The Morgan fingerprint density at radius 3 is 2.53 bits per heavy atom. The average Bonchev–Trinajstić information content (AvgIpc) is 1.99. The zero-order valence-corrected chi connectivity index (χ0v) is 9.33. The van der Waals surface area contributed by atoms with Crippen molar-refractivity contribution in [2.75, 3.05) is 0 Å². The smallest absolute Gasteiger partial charge is 0.433 e. The number of hydrogen-bond donors (Lipinski definition) is 1. The first kappa shape index (κ1) is 12.2. The molecule has 0 saturated heterocycles. The van der Waals surface area contributed by atoms with Crippen LogP contribution in [-0.2, 0) is 17.4 Å². The van der Waals surface area contributed by atoms with Crippen molar-refractivity contribution in [1.82, 2.24) is 4.98 Å². The van der Waals surface area contributed by atoms with Crippen molar-refractivity contribution in [3.8, 4) is 0 Å². The predicted molar refractivity (Wildman–Crippen MR) is 53.3 cm³/mol. The minimum atomic E-state index is -4.55. The molecule has 0 bridgehead atoms. The highest BCUT2D eigenvalue weighted by molar-refractivity contribution is 14.1. The second kappa shape index (κ2) is 4.33. The van der Waals surface area contributed by atoms with Gasteiger partial charge in [0.05, 0.1) is 6.42 Å². The molecule has 82 valence electrons. The van der Waals surface area contributed by atoms with Crippen LogP contribution in [0.3, 0.4) is 0 Å². The lowest BCUT2D eigenvalue weighted by atomic mass is 10.1. The summed E-state index contributed by atoms with van der Waals surface area (Å²) in [5, 5.41) is 8.45. The van der Waals surface area contributed by atoms with E-state index in [1.54, 1.807) is 22.6 Å². The summed E-state index contributed by atoms with van der Waals surface area (Å²) in [6.45, 7) is 0. The predicted octanol–water partition coefficient (Wildman–Crippen LogP) is 2.33. The molecule has 7 heteroatoms. The van der Waals surface area contributed by atoms with Gasteiger partial charge in [0.15, 0.2) is 0 Å². The van der Waals surface area contributed by atoms with E-state index in [0.717, 1.165) is 6.07 Å². The van der Waals surface area contributed by atoms with Crippen LogP contribution in [0.5, 0.6) is 0 Å². The number of carboxylic acid groups (broad SMARTS) is 1.